The first-order valence-electron chi connectivity index (χ1n) is 7.73. The zero-order valence-electron chi connectivity index (χ0n) is 12.9. The molecule has 0 heterocycles. The summed E-state index contributed by atoms with van der Waals surface area (Å²) in [6.45, 7) is 10.4. The van der Waals surface area contributed by atoms with E-state index in [0.29, 0.717) is 6.04 Å². The lowest BCUT2D eigenvalue weighted by atomic mass is 9.94. The van der Waals surface area contributed by atoms with Gasteiger partial charge in [-0.3, -0.25) is 0 Å². The molecular weight excluding hydrogens is 242 g/mol. The molecule has 0 bridgehead atoms. The molecule has 0 amide bonds. The molecule has 0 fully saturated rings. The van der Waals surface area contributed by atoms with E-state index in [0.717, 1.165) is 24.1 Å². The van der Waals surface area contributed by atoms with Gasteiger partial charge < -0.3 is 4.48 Å². The third kappa shape index (κ3) is 2.78. The second kappa shape index (κ2) is 6.71. The monoisotopic (exact) mass is 268 g/mol. The van der Waals surface area contributed by atoms with Crippen LogP contribution in [0, 0.1) is 0 Å². The Morgan fingerprint density at radius 1 is 0.650 bits per heavy atom. The minimum atomic E-state index is 0.428. The SMILES string of the molecule is CC[N+](CC)(CC)C(c1ccccc1)c1ccccc1. The molecule has 0 atom stereocenters. The highest BCUT2D eigenvalue weighted by Gasteiger charge is 2.34. The normalized spacial score (nSPS) is 11.8. The van der Waals surface area contributed by atoms with Gasteiger partial charge in [-0.2, -0.15) is 0 Å². The van der Waals surface area contributed by atoms with Crippen molar-refractivity contribution in [1.82, 2.24) is 0 Å². The highest BCUT2D eigenvalue weighted by molar-refractivity contribution is 5.29. The van der Waals surface area contributed by atoms with Crippen LogP contribution in [0.2, 0.25) is 0 Å². The number of quaternary nitrogens is 1. The summed E-state index contributed by atoms with van der Waals surface area (Å²) in [4.78, 5) is 0. The summed E-state index contributed by atoms with van der Waals surface area (Å²) in [5, 5.41) is 0. The third-order valence-electron chi connectivity index (χ3n) is 4.67. The van der Waals surface area contributed by atoms with Crippen molar-refractivity contribution in [2.75, 3.05) is 19.6 Å². The molecule has 0 saturated heterocycles. The van der Waals surface area contributed by atoms with Crippen molar-refractivity contribution in [2.24, 2.45) is 0 Å². The maximum atomic E-state index is 2.31. The van der Waals surface area contributed by atoms with Crippen molar-refractivity contribution in [3.8, 4) is 0 Å². The highest BCUT2D eigenvalue weighted by atomic mass is 15.4. The molecule has 0 unspecified atom stereocenters. The molecule has 0 aliphatic rings. The van der Waals surface area contributed by atoms with E-state index in [1.165, 1.54) is 11.1 Å². The van der Waals surface area contributed by atoms with Crippen LogP contribution in [0.5, 0.6) is 0 Å². The molecule has 0 aliphatic carbocycles. The maximum Gasteiger partial charge on any atom is 0.140 e. The number of benzene rings is 2. The van der Waals surface area contributed by atoms with Gasteiger partial charge in [-0.15, -0.1) is 0 Å². The molecule has 2 aromatic rings. The predicted molar refractivity (Wildman–Crippen MR) is 86.6 cm³/mol. The molecule has 2 rings (SSSR count). The third-order valence-corrected chi connectivity index (χ3v) is 4.67. The molecule has 1 heteroatoms. The van der Waals surface area contributed by atoms with Crippen LogP contribution in [0.25, 0.3) is 0 Å². The molecule has 1 nitrogen and oxygen atoms in total. The van der Waals surface area contributed by atoms with Crippen LogP contribution in [-0.4, -0.2) is 24.1 Å². The zero-order valence-corrected chi connectivity index (χ0v) is 12.9. The van der Waals surface area contributed by atoms with Gasteiger partial charge in [0.05, 0.1) is 19.6 Å². The summed E-state index contributed by atoms with van der Waals surface area (Å²) in [6, 6.07) is 22.3. The van der Waals surface area contributed by atoms with Crippen LogP contribution in [0.3, 0.4) is 0 Å². The van der Waals surface area contributed by atoms with Crippen molar-refractivity contribution < 1.29 is 4.48 Å². The molecule has 20 heavy (non-hydrogen) atoms. The lowest BCUT2D eigenvalue weighted by Crippen LogP contribution is -2.50. The van der Waals surface area contributed by atoms with E-state index in [-0.39, 0.29) is 0 Å². The molecule has 0 aromatic heterocycles. The van der Waals surface area contributed by atoms with Gasteiger partial charge in [0, 0.05) is 11.1 Å². The number of hydrogen-bond donors (Lipinski definition) is 0. The first-order valence-corrected chi connectivity index (χ1v) is 7.73. The fourth-order valence-corrected chi connectivity index (χ4v) is 3.31. The Morgan fingerprint density at radius 3 is 1.30 bits per heavy atom. The second-order valence-electron chi connectivity index (χ2n) is 5.39. The zero-order chi connectivity index (χ0) is 14.4. The Labute approximate surface area is 123 Å². The predicted octanol–water partition coefficient (Wildman–Crippen LogP) is 4.65. The first-order chi connectivity index (χ1) is 9.77. The van der Waals surface area contributed by atoms with Gasteiger partial charge in [0.15, 0.2) is 0 Å². The average molecular weight is 268 g/mol. The Morgan fingerprint density at radius 2 is 1.00 bits per heavy atom. The van der Waals surface area contributed by atoms with Crippen molar-refractivity contribution in [2.45, 2.75) is 26.8 Å². The van der Waals surface area contributed by atoms with Gasteiger partial charge in [0.2, 0.25) is 0 Å². The van der Waals surface area contributed by atoms with Crippen LogP contribution in [-0.2, 0) is 0 Å². The summed E-state index contributed by atoms with van der Waals surface area (Å²) in [5.74, 6) is 0. The van der Waals surface area contributed by atoms with Crippen LogP contribution in [0.1, 0.15) is 37.9 Å². The molecule has 0 N–H and O–H groups in total. The maximum absolute atomic E-state index is 2.31. The van der Waals surface area contributed by atoms with Crippen LogP contribution < -0.4 is 0 Å². The molecule has 0 saturated carbocycles. The van der Waals surface area contributed by atoms with E-state index in [1.807, 2.05) is 0 Å². The quantitative estimate of drug-likeness (QED) is 0.669. The van der Waals surface area contributed by atoms with Gasteiger partial charge >= 0.3 is 0 Å². The topological polar surface area (TPSA) is 0 Å². The van der Waals surface area contributed by atoms with E-state index >= 15 is 0 Å². The van der Waals surface area contributed by atoms with Crippen molar-refractivity contribution >= 4 is 0 Å². The van der Waals surface area contributed by atoms with Gasteiger partial charge in [0.25, 0.3) is 0 Å². The Hall–Kier alpha value is -1.60. The van der Waals surface area contributed by atoms with Crippen molar-refractivity contribution in [3.63, 3.8) is 0 Å². The van der Waals surface area contributed by atoms with E-state index in [1.54, 1.807) is 0 Å². The number of hydrogen-bond acceptors (Lipinski definition) is 0. The van der Waals surface area contributed by atoms with Gasteiger partial charge in [-0.05, 0) is 20.8 Å². The molecule has 0 spiro atoms. The largest absolute Gasteiger partial charge is 0.314 e. The summed E-state index contributed by atoms with van der Waals surface area (Å²) in [6.07, 6.45) is 0. The number of rotatable bonds is 6. The van der Waals surface area contributed by atoms with Crippen LogP contribution >= 0.6 is 0 Å². The molecule has 2 aromatic carbocycles. The highest BCUT2D eigenvalue weighted by Crippen LogP contribution is 2.34. The minimum absolute atomic E-state index is 0.428. The minimum Gasteiger partial charge on any atom is -0.314 e. The molecule has 0 aliphatic heterocycles. The smallest absolute Gasteiger partial charge is 0.140 e. The Balaban J connectivity index is 2.55. The first kappa shape index (κ1) is 14.8. The van der Waals surface area contributed by atoms with Crippen LogP contribution in [0.4, 0.5) is 0 Å². The Bertz CT molecular complexity index is 452. The molecule has 0 radical (unpaired) electrons. The van der Waals surface area contributed by atoms with E-state index < -0.39 is 0 Å². The lowest BCUT2D eigenvalue weighted by Gasteiger charge is -2.43. The lowest BCUT2D eigenvalue weighted by molar-refractivity contribution is -0.947. The van der Waals surface area contributed by atoms with Gasteiger partial charge in [-0.1, -0.05) is 60.7 Å². The summed E-state index contributed by atoms with van der Waals surface area (Å²) in [5.41, 5.74) is 2.84. The second-order valence-corrected chi connectivity index (χ2v) is 5.39. The molecule has 106 valence electrons. The van der Waals surface area contributed by atoms with E-state index in [4.69, 9.17) is 0 Å². The summed E-state index contributed by atoms with van der Waals surface area (Å²) < 4.78 is 1.11. The standard InChI is InChI=1S/C19H26N/c1-4-20(5-2,6-3)19(17-13-9-7-10-14-17)18-15-11-8-12-16-18/h7-16,19H,4-6H2,1-3H3/q+1. The fourth-order valence-electron chi connectivity index (χ4n) is 3.31. The van der Waals surface area contributed by atoms with Gasteiger partial charge in [0.1, 0.15) is 6.04 Å². The average Bonchev–Trinajstić information content (AvgIpc) is 2.54. The van der Waals surface area contributed by atoms with Crippen molar-refractivity contribution in [1.29, 1.82) is 0 Å². The fraction of sp³-hybridized carbons (Fsp3) is 0.368. The van der Waals surface area contributed by atoms with Crippen LogP contribution in [0.15, 0.2) is 60.7 Å². The van der Waals surface area contributed by atoms with Gasteiger partial charge in [-0.25, -0.2) is 0 Å². The summed E-state index contributed by atoms with van der Waals surface area (Å²) in [7, 11) is 0. The Kier molecular flexibility index (Phi) is 4.97. The van der Waals surface area contributed by atoms with Crippen molar-refractivity contribution in [3.05, 3.63) is 71.8 Å². The van der Waals surface area contributed by atoms with E-state index in [2.05, 4.69) is 81.4 Å². The summed E-state index contributed by atoms with van der Waals surface area (Å²) >= 11 is 0. The molecular formula is C19H26N+. The number of nitrogens with zero attached hydrogens (tertiary/aromatic N) is 1. The van der Waals surface area contributed by atoms with E-state index in [9.17, 15) is 0 Å².